The fourth-order valence-electron chi connectivity index (χ4n) is 2.53. The first-order valence-corrected chi connectivity index (χ1v) is 4.20. The van der Waals surface area contributed by atoms with Gasteiger partial charge in [0.15, 0.2) is 0 Å². The summed E-state index contributed by atoms with van der Waals surface area (Å²) in [5.74, 6) is 0.808. The monoisotopic (exact) mass is 140 g/mol. The molecule has 3 fully saturated rings. The Bertz CT molecular complexity index is 154. The first kappa shape index (κ1) is 6.66. The van der Waals surface area contributed by atoms with Crippen LogP contribution >= 0.6 is 0 Å². The van der Waals surface area contributed by atoms with Crippen LogP contribution in [-0.4, -0.2) is 12.2 Å². The minimum Gasteiger partial charge on any atom is -0.375 e. The summed E-state index contributed by atoms with van der Waals surface area (Å²) in [6, 6.07) is 0. The molecule has 2 heterocycles. The summed E-state index contributed by atoms with van der Waals surface area (Å²) in [6.07, 6.45) is 2.61. The molecule has 3 rings (SSSR count). The molecule has 0 radical (unpaired) electrons. The molecule has 2 aliphatic heterocycles. The highest BCUT2D eigenvalue weighted by atomic mass is 16.5. The Hall–Kier alpha value is -0.0400. The van der Waals surface area contributed by atoms with Crippen molar-refractivity contribution in [1.29, 1.82) is 0 Å². The van der Waals surface area contributed by atoms with Gasteiger partial charge in [0.1, 0.15) is 0 Å². The highest BCUT2D eigenvalue weighted by molar-refractivity contribution is 5.09. The third-order valence-electron chi connectivity index (χ3n) is 3.38. The van der Waals surface area contributed by atoms with Gasteiger partial charge in [-0.15, -0.1) is 0 Å². The molecule has 0 N–H and O–H groups in total. The second-order valence-electron chi connectivity index (χ2n) is 4.61. The second kappa shape index (κ2) is 1.58. The van der Waals surface area contributed by atoms with E-state index in [0.717, 1.165) is 12.5 Å². The Balaban J connectivity index is 2.13. The van der Waals surface area contributed by atoms with Gasteiger partial charge < -0.3 is 4.74 Å². The average molecular weight is 140 g/mol. The van der Waals surface area contributed by atoms with Gasteiger partial charge in [-0.1, -0.05) is 13.8 Å². The van der Waals surface area contributed by atoms with Crippen LogP contribution in [0.25, 0.3) is 0 Å². The molecule has 0 spiro atoms. The maximum Gasteiger partial charge on any atom is 0.0667 e. The summed E-state index contributed by atoms with van der Waals surface area (Å²) in [5.41, 5.74) is 0.860. The van der Waals surface area contributed by atoms with Crippen LogP contribution in [0.1, 0.15) is 33.6 Å². The molecule has 0 aromatic heterocycles. The highest BCUT2D eigenvalue weighted by Crippen LogP contribution is 2.61. The molecule has 0 atom stereocenters. The second-order valence-corrected chi connectivity index (χ2v) is 4.61. The number of fused-ring (bicyclic) bond motifs is 1. The molecule has 1 nitrogen and oxygen atoms in total. The lowest BCUT2D eigenvalue weighted by molar-refractivity contribution is -0.00850. The molecule has 1 heteroatoms. The molecule has 1 aliphatic carbocycles. The Morgan fingerprint density at radius 3 is 2.10 bits per heavy atom. The summed E-state index contributed by atoms with van der Waals surface area (Å²) < 4.78 is 5.68. The smallest absolute Gasteiger partial charge is 0.0667 e. The van der Waals surface area contributed by atoms with Crippen LogP contribution in [-0.2, 0) is 4.74 Å². The van der Waals surface area contributed by atoms with Gasteiger partial charge in [0, 0.05) is 5.41 Å². The van der Waals surface area contributed by atoms with E-state index in [2.05, 4.69) is 20.8 Å². The lowest BCUT2D eigenvalue weighted by Gasteiger charge is -2.45. The van der Waals surface area contributed by atoms with Crippen molar-refractivity contribution in [2.45, 2.75) is 39.2 Å². The Morgan fingerprint density at radius 2 is 1.90 bits per heavy atom. The first-order valence-electron chi connectivity index (χ1n) is 4.20. The highest BCUT2D eigenvalue weighted by Gasteiger charge is 2.60. The number of hydrogen-bond acceptors (Lipinski definition) is 1. The molecule has 0 amide bonds. The lowest BCUT2D eigenvalue weighted by atomic mass is 9.58. The van der Waals surface area contributed by atoms with E-state index >= 15 is 0 Å². The number of rotatable bonds is 1. The summed E-state index contributed by atoms with van der Waals surface area (Å²) in [4.78, 5) is 0. The lowest BCUT2D eigenvalue weighted by Crippen LogP contribution is -2.44. The number of hydrogen-bond donors (Lipinski definition) is 0. The Morgan fingerprint density at radius 1 is 1.30 bits per heavy atom. The molecule has 0 aromatic rings. The van der Waals surface area contributed by atoms with Crippen LogP contribution in [0.4, 0.5) is 0 Å². The zero-order valence-electron chi connectivity index (χ0n) is 7.11. The minimum atomic E-state index is 0.282. The summed E-state index contributed by atoms with van der Waals surface area (Å²) in [5, 5.41) is 0. The zero-order valence-corrected chi connectivity index (χ0v) is 7.11. The van der Waals surface area contributed by atoms with Crippen LogP contribution < -0.4 is 0 Å². The third kappa shape index (κ3) is 0.619. The molecule has 2 bridgehead atoms. The standard InChI is InChI=1S/C9H16O/c1-7(2)9-4-8(3,5-9)10-6-9/h7H,4-6H2,1-3H3. The maximum atomic E-state index is 5.68. The Kier molecular flexibility index (Phi) is 1.05. The van der Waals surface area contributed by atoms with Crippen molar-refractivity contribution < 1.29 is 4.74 Å². The van der Waals surface area contributed by atoms with Crippen molar-refractivity contribution in [3.63, 3.8) is 0 Å². The predicted octanol–water partition coefficient (Wildman–Crippen LogP) is 2.21. The predicted molar refractivity (Wildman–Crippen MR) is 40.9 cm³/mol. The molecule has 3 aliphatic rings. The fourth-order valence-corrected chi connectivity index (χ4v) is 2.53. The van der Waals surface area contributed by atoms with Crippen LogP contribution in [0.3, 0.4) is 0 Å². The van der Waals surface area contributed by atoms with E-state index < -0.39 is 0 Å². The molecular formula is C9H16O. The molecule has 1 saturated carbocycles. The average Bonchev–Trinajstić information content (AvgIpc) is 2.19. The fraction of sp³-hybridized carbons (Fsp3) is 1.00. The van der Waals surface area contributed by atoms with Crippen LogP contribution in [0, 0.1) is 11.3 Å². The quantitative estimate of drug-likeness (QED) is 0.542. The van der Waals surface area contributed by atoms with Crippen molar-refractivity contribution in [3.05, 3.63) is 0 Å². The Labute approximate surface area is 62.8 Å². The van der Waals surface area contributed by atoms with E-state index in [1.165, 1.54) is 12.8 Å². The minimum absolute atomic E-state index is 0.282. The zero-order chi connectivity index (χ0) is 7.41. The van der Waals surface area contributed by atoms with Gasteiger partial charge in [-0.3, -0.25) is 0 Å². The first-order chi connectivity index (χ1) is 4.56. The largest absolute Gasteiger partial charge is 0.375 e. The van der Waals surface area contributed by atoms with Gasteiger partial charge >= 0.3 is 0 Å². The third-order valence-corrected chi connectivity index (χ3v) is 3.38. The van der Waals surface area contributed by atoms with Crippen LogP contribution in [0.2, 0.25) is 0 Å². The topological polar surface area (TPSA) is 9.23 Å². The van der Waals surface area contributed by atoms with Gasteiger partial charge in [0.2, 0.25) is 0 Å². The van der Waals surface area contributed by atoms with Crippen molar-refractivity contribution in [2.75, 3.05) is 6.61 Å². The van der Waals surface area contributed by atoms with Crippen molar-refractivity contribution in [1.82, 2.24) is 0 Å². The van der Waals surface area contributed by atoms with Crippen LogP contribution in [0.15, 0.2) is 0 Å². The molecule has 0 unspecified atom stereocenters. The van der Waals surface area contributed by atoms with E-state index in [9.17, 15) is 0 Å². The molecular weight excluding hydrogens is 124 g/mol. The molecule has 10 heavy (non-hydrogen) atoms. The van der Waals surface area contributed by atoms with Gasteiger partial charge in [-0.25, -0.2) is 0 Å². The van der Waals surface area contributed by atoms with E-state index in [4.69, 9.17) is 4.74 Å². The van der Waals surface area contributed by atoms with E-state index in [-0.39, 0.29) is 5.60 Å². The van der Waals surface area contributed by atoms with Crippen molar-refractivity contribution >= 4 is 0 Å². The van der Waals surface area contributed by atoms with Gasteiger partial charge in [-0.05, 0) is 25.7 Å². The van der Waals surface area contributed by atoms with Gasteiger partial charge in [0.05, 0.1) is 12.2 Å². The summed E-state index contributed by atoms with van der Waals surface area (Å²) in [6.45, 7) is 7.88. The van der Waals surface area contributed by atoms with Gasteiger partial charge in [0.25, 0.3) is 0 Å². The van der Waals surface area contributed by atoms with E-state index in [0.29, 0.717) is 5.41 Å². The van der Waals surface area contributed by atoms with E-state index in [1.807, 2.05) is 0 Å². The normalized spacial score (nSPS) is 51.6. The summed E-state index contributed by atoms with van der Waals surface area (Å²) >= 11 is 0. The molecule has 58 valence electrons. The van der Waals surface area contributed by atoms with Crippen molar-refractivity contribution in [3.8, 4) is 0 Å². The van der Waals surface area contributed by atoms with Gasteiger partial charge in [-0.2, -0.15) is 0 Å². The number of ether oxygens (including phenoxy) is 1. The maximum absolute atomic E-state index is 5.68. The van der Waals surface area contributed by atoms with Crippen molar-refractivity contribution in [2.24, 2.45) is 11.3 Å². The van der Waals surface area contributed by atoms with E-state index in [1.54, 1.807) is 0 Å². The SMILES string of the molecule is CC(C)C12COC(C)(C1)C2. The summed E-state index contributed by atoms with van der Waals surface area (Å²) in [7, 11) is 0. The molecule has 0 aromatic carbocycles. The van der Waals surface area contributed by atoms with Crippen LogP contribution in [0.5, 0.6) is 0 Å². The molecule has 2 saturated heterocycles.